The number of allylic oxidation sites excluding steroid dienone is 2. The van der Waals surface area contributed by atoms with Gasteiger partial charge in [0.15, 0.2) is 0 Å². The quantitative estimate of drug-likeness (QED) is 0.471. The van der Waals surface area contributed by atoms with E-state index in [2.05, 4.69) is 3.77 Å². The standard InChI is InChI=1S/C24H25NO3S2/c1-20-16-18-24(19-17-20)30(27,28)25-29(26,23-14-7-4-8-15-23)21(2)10-9-13-22-11-5-3-6-12-22/h3-8,10-12,14-19H,9,13H2,1-2H3/b21-10+. The number of hydrogen-bond donors (Lipinski definition) is 0. The Kier molecular flexibility index (Phi) is 6.90. The monoisotopic (exact) mass is 439 g/mol. The molecule has 3 rings (SSSR count). The van der Waals surface area contributed by atoms with Gasteiger partial charge in [0.1, 0.15) is 9.73 Å². The zero-order valence-corrected chi connectivity index (χ0v) is 18.7. The molecular formula is C24H25NO3S2. The van der Waals surface area contributed by atoms with Crippen molar-refractivity contribution in [2.75, 3.05) is 0 Å². The Balaban J connectivity index is 2.03. The summed E-state index contributed by atoms with van der Waals surface area (Å²) in [6, 6.07) is 25.0. The van der Waals surface area contributed by atoms with Gasteiger partial charge in [-0.1, -0.05) is 76.1 Å². The minimum Gasteiger partial charge on any atom is -0.239 e. The van der Waals surface area contributed by atoms with Crippen LogP contribution < -0.4 is 0 Å². The molecule has 6 heteroatoms. The second kappa shape index (κ2) is 9.41. The van der Waals surface area contributed by atoms with Crippen LogP contribution in [0.1, 0.15) is 24.5 Å². The molecule has 1 atom stereocenters. The summed E-state index contributed by atoms with van der Waals surface area (Å²) >= 11 is 0. The Morgan fingerprint density at radius 1 is 0.800 bits per heavy atom. The number of benzene rings is 3. The van der Waals surface area contributed by atoms with Crippen LogP contribution in [0.3, 0.4) is 0 Å². The maximum Gasteiger partial charge on any atom is 0.290 e. The zero-order chi connectivity index (χ0) is 21.6. The summed E-state index contributed by atoms with van der Waals surface area (Å²) in [4.78, 5) is 0.864. The molecule has 4 nitrogen and oxygen atoms in total. The van der Waals surface area contributed by atoms with E-state index in [0.717, 1.165) is 17.5 Å². The van der Waals surface area contributed by atoms with E-state index in [1.54, 1.807) is 49.4 Å². The van der Waals surface area contributed by atoms with Crippen LogP contribution in [0.2, 0.25) is 0 Å². The van der Waals surface area contributed by atoms with Crippen molar-refractivity contribution in [2.24, 2.45) is 3.77 Å². The van der Waals surface area contributed by atoms with Crippen molar-refractivity contribution in [3.05, 3.63) is 107 Å². The van der Waals surface area contributed by atoms with Crippen LogP contribution in [0.4, 0.5) is 0 Å². The number of rotatable bonds is 7. The highest BCUT2D eigenvalue weighted by atomic mass is 32.3. The molecule has 1 unspecified atom stereocenters. The fourth-order valence-electron chi connectivity index (χ4n) is 2.98. The van der Waals surface area contributed by atoms with Crippen molar-refractivity contribution < 1.29 is 12.6 Å². The first-order valence-corrected chi connectivity index (χ1v) is 12.6. The third-order valence-corrected chi connectivity index (χ3v) is 9.17. The van der Waals surface area contributed by atoms with Crippen LogP contribution in [0.5, 0.6) is 0 Å². The smallest absolute Gasteiger partial charge is 0.239 e. The molecule has 0 aliphatic heterocycles. The van der Waals surface area contributed by atoms with Crippen molar-refractivity contribution in [1.82, 2.24) is 0 Å². The number of hydrogen-bond acceptors (Lipinski definition) is 3. The molecule has 30 heavy (non-hydrogen) atoms. The molecule has 3 aromatic carbocycles. The average Bonchev–Trinajstić information content (AvgIpc) is 2.75. The van der Waals surface area contributed by atoms with Crippen molar-refractivity contribution >= 4 is 19.8 Å². The van der Waals surface area contributed by atoms with E-state index in [4.69, 9.17) is 0 Å². The molecule has 0 fully saturated rings. The zero-order valence-electron chi connectivity index (χ0n) is 17.1. The summed E-state index contributed by atoms with van der Waals surface area (Å²) in [5.74, 6) is 0. The minimum absolute atomic E-state index is 0.0360. The molecule has 0 N–H and O–H groups in total. The molecule has 0 aliphatic carbocycles. The topological polar surface area (TPSA) is 63.6 Å². The van der Waals surface area contributed by atoms with Gasteiger partial charge in [-0.15, -0.1) is 0 Å². The number of nitrogens with zero attached hydrogens (tertiary/aromatic N) is 1. The van der Waals surface area contributed by atoms with Gasteiger partial charge >= 0.3 is 0 Å². The van der Waals surface area contributed by atoms with Gasteiger partial charge in [-0.2, -0.15) is 8.42 Å². The van der Waals surface area contributed by atoms with Gasteiger partial charge < -0.3 is 0 Å². The summed E-state index contributed by atoms with van der Waals surface area (Å²) in [5, 5.41) is 0. The Morgan fingerprint density at radius 2 is 1.37 bits per heavy atom. The lowest BCUT2D eigenvalue weighted by atomic mass is 10.1. The molecule has 0 saturated carbocycles. The van der Waals surface area contributed by atoms with Gasteiger partial charge in [0.25, 0.3) is 10.0 Å². The number of sulfonamides is 1. The van der Waals surface area contributed by atoms with Crippen LogP contribution in [0, 0.1) is 6.92 Å². The van der Waals surface area contributed by atoms with Crippen molar-refractivity contribution in [3.8, 4) is 0 Å². The molecule has 0 amide bonds. The molecule has 0 aliphatic rings. The predicted molar refractivity (Wildman–Crippen MR) is 122 cm³/mol. The first-order valence-electron chi connectivity index (χ1n) is 9.67. The Labute approximate surface area is 179 Å². The van der Waals surface area contributed by atoms with Crippen LogP contribution in [0.15, 0.2) is 109 Å². The fourth-order valence-corrected chi connectivity index (χ4v) is 6.97. The van der Waals surface area contributed by atoms with E-state index in [1.165, 1.54) is 12.1 Å². The minimum atomic E-state index is -4.10. The highest BCUT2D eigenvalue weighted by molar-refractivity contribution is 8.05. The Hall–Kier alpha value is -2.70. The van der Waals surface area contributed by atoms with Gasteiger partial charge in [-0.05, 0) is 56.5 Å². The van der Waals surface area contributed by atoms with Crippen molar-refractivity contribution in [3.63, 3.8) is 0 Å². The largest absolute Gasteiger partial charge is 0.290 e. The molecule has 0 bridgehead atoms. The fraction of sp³-hybridized carbons (Fsp3) is 0.167. The van der Waals surface area contributed by atoms with E-state index in [0.29, 0.717) is 16.2 Å². The maximum absolute atomic E-state index is 14.0. The molecule has 0 spiro atoms. The SMILES string of the molecule is C/C(=C\CCc1ccccc1)S(=O)(=NS(=O)(=O)c1ccc(C)cc1)c1ccccc1. The van der Waals surface area contributed by atoms with E-state index in [1.807, 2.05) is 43.3 Å². The van der Waals surface area contributed by atoms with Crippen LogP contribution >= 0.6 is 0 Å². The highest BCUT2D eigenvalue weighted by Crippen LogP contribution is 2.26. The second-order valence-corrected chi connectivity index (χ2v) is 11.2. The van der Waals surface area contributed by atoms with Crippen molar-refractivity contribution in [1.29, 1.82) is 0 Å². The summed E-state index contributed by atoms with van der Waals surface area (Å²) in [6.07, 6.45) is 3.24. The van der Waals surface area contributed by atoms with Gasteiger partial charge in [0.05, 0.1) is 9.79 Å². The predicted octanol–water partition coefficient (Wildman–Crippen LogP) is 5.75. The summed E-state index contributed by atoms with van der Waals surface area (Å²) in [7, 11) is -7.42. The molecule has 0 aromatic heterocycles. The third-order valence-electron chi connectivity index (χ3n) is 4.73. The van der Waals surface area contributed by atoms with Crippen LogP contribution in [-0.2, 0) is 26.2 Å². The first-order chi connectivity index (χ1) is 14.3. The second-order valence-electron chi connectivity index (χ2n) is 7.04. The lowest BCUT2D eigenvalue weighted by Gasteiger charge is -2.12. The first kappa shape index (κ1) is 22.0. The number of aryl methyl sites for hydroxylation is 2. The summed E-state index contributed by atoms with van der Waals surface area (Å²) in [5.41, 5.74) is 2.10. The molecule has 156 valence electrons. The molecule has 0 radical (unpaired) electrons. The van der Waals surface area contributed by atoms with Crippen molar-refractivity contribution in [2.45, 2.75) is 36.5 Å². The van der Waals surface area contributed by atoms with Gasteiger partial charge in [-0.25, -0.2) is 4.21 Å². The van der Waals surface area contributed by atoms with E-state index < -0.39 is 19.8 Å². The van der Waals surface area contributed by atoms with Crippen LogP contribution in [0.25, 0.3) is 0 Å². The average molecular weight is 440 g/mol. The van der Waals surface area contributed by atoms with E-state index in [-0.39, 0.29) is 4.90 Å². The maximum atomic E-state index is 14.0. The molecular weight excluding hydrogens is 414 g/mol. The van der Waals surface area contributed by atoms with E-state index >= 15 is 0 Å². The van der Waals surface area contributed by atoms with Gasteiger partial charge in [0, 0.05) is 4.91 Å². The molecule has 3 aromatic rings. The molecule has 0 saturated heterocycles. The highest BCUT2D eigenvalue weighted by Gasteiger charge is 2.22. The van der Waals surface area contributed by atoms with E-state index in [9.17, 15) is 12.6 Å². The molecule has 0 heterocycles. The summed E-state index contributed by atoms with van der Waals surface area (Å²) < 4.78 is 43.9. The lowest BCUT2D eigenvalue weighted by molar-refractivity contribution is 0.598. The van der Waals surface area contributed by atoms with Crippen LogP contribution in [-0.4, -0.2) is 12.6 Å². The van der Waals surface area contributed by atoms with Gasteiger partial charge in [-0.3, -0.25) is 0 Å². The Morgan fingerprint density at radius 3 is 1.97 bits per heavy atom. The normalized spacial score (nSPS) is 14.1. The Bertz CT molecular complexity index is 1240. The van der Waals surface area contributed by atoms with Gasteiger partial charge in [0.2, 0.25) is 0 Å². The lowest BCUT2D eigenvalue weighted by Crippen LogP contribution is -2.08. The summed E-state index contributed by atoms with van der Waals surface area (Å²) in [6.45, 7) is 3.56. The third kappa shape index (κ3) is 5.26.